The third-order valence-electron chi connectivity index (χ3n) is 4.08. The van der Waals surface area contributed by atoms with Crippen LogP contribution in [0.4, 0.5) is 4.39 Å². The zero-order valence-corrected chi connectivity index (χ0v) is 14.7. The van der Waals surface area contributed by atoms with E-state index in [1.54, 1.807) is 12.1 Å². The summed E-state index contributed by atoms with van der Waals surface area (Å²) in [6.07, 6.45) is 0.635. The van der Waals surface area contributed by atoms with Crippen LogP contribution in [0.3, 0.4) is 0 Å². The summed E-state index contributed by atoms with van der Waals surface area (Å²) in [4.78, 5) is 0. The number of nitrogens with two attached hydrogens (primary N) is 1. The Morgan fingerprint density at radius 3 is 2.50 bits per heavy atom. The molecule has 0 unspecified atom stereocenters. The van der Waals surface area contributed by atoms with E-state index in [-0.39, 0.29) is 16.1 Å². The Hall–Kier alpha value is -0.423. The smallest absolute Gasteiger partial charge is 0.191 e. The minimum atomic E-state index is -1.76. The highest BCUT2D eigenvalue weighted by atomic mass is 35.5. The molecular formula is C15H25ClFNOSi. The SMILES string of the molecule is CC(C)(C)[Si](C)(C)OCC[C@H](N)c1cccc(F)c1Cl. The van der Waals surface area contributed by atoms with Gasteiger partial charge in [0.25, 0.3) is 0 Å². The van der Waals surface area contributed by atoms with Gasteiger partial charge in [-0.1, -0.05) is 44.5 Å². The van der Waals surface area contributed by atoms with Crippen molar-refractivity contribution in [3.8, 4) is 0 Å². The van der Waals surface area contributed by atoms with Gasteiger partial charge in [0.2, 0.25) is 0 Å². The standard InChI is InChI=1S/C15H25ClFNOSi/c1-15(2,3)20(4,5)19-10-9-13(18)11-7-6-8-12(17)14(11)16/h6-8,13H,9-10,18H2,1-5H3/t13-/m0/s1. The van der Waals surface area contributed by atoms with Crippen molar-refractivity contribution in [1.29, 1.82) is 0 Å². The maximum atomic E-state index is 13.4. The molecule has 0 fully saturated rings. The molecule has 0 aliphatic carbocycles. The number of halogens is 2. The van der Waals surface area contributed by atoms with Gasteiger partial charge in [0.15, 0.2) is 8.32 Å². The normalized spacial score (nSPS) is 14.4. The van der Waals surface area contributed by atoms with Crippen LogP contribution in [0.15, 0.2) is 18.2 Å². The zero-order chi connectivity index (χ0) is 15.6. The van der Waals surface area contributed by atoms with Gasteiger partial charge in [0, 0.05) is 12.6 Å². The highest BCUT2D eigenvalue weighted by molar-refractivity contribution is 6.74. The Bertz CT molecular complexity index is 460. The first-order chi connectivity index (χ1) is 9.06. The van der Waals surface area contributed by atoms with E-state index >= 15 is 0 Å². The van der Waals surface area contributed by atoms with Crippen LogP contribution in [0.2, 0.25) is 23.2 Å². The Morgan fingerprint density at radius 1 is 1.35 bits per heavy atom. The summed E-state index contributed by atoms with van der Waals surface area (Å²) in [5.41, 5.74) is 6.73. The first-order valence-electron chi connectivity index (χ1n) is 6.90. The molecule has 0 spiro atoms. The van der Waals surface area contributed by atoms with Crippen LogP contribution >= 0.6 is 11.6 Å². The van der Waals surface area contributed by atoms with Crippen LogP contribution in [-0.4, -0.2) is 14.9 Å². The number of benzene rings is 1. The molecule has 0 aliphatic heterocycles. The first kappa shape index (κ1) is 17.6. The number of hydrogen-bond acceptors (Lipinski definition) is 2. The van der Waals surface area contributed by atoms with E-state index in [4.69, 9.17) is 21.8 Å². The fourth-order valence-corrected chi connectivity index (χ4v) is 2.95. The zero-order valence-electron chi connectivity index (χ0n) is 13.0. The summed E-state index contributed by atoms with van der Waals surface area (Å²) < 4.78 is 19.5. The summed E-state index contributed by atoms with van der Waals surface area (Å²) in [5, 5.41) is 0.292. The molecule has 20 heavy (non-hydrogen) atoms. The summed E-state index contributed by atoms with van der Waals surface area (Å²) in [7, 11) is -1.76. The van der Waals surface area contributed by atoms with Crippen molar-refractivity contribution in [3.63, 3.8) is 0 Å². The molecule has 5 heteroatoms. The fraction of sp³-hybridized carbons (Fsp3) is 0.600. The molecule has 114 valence electrons. The lowest BCUT2D eigenvalue weighted by molar-refractivity contribution is 0.272. The lowest BCUT2D eigenvalue weighted by Gasteiger charge is -2.36. The molecule has 0 saturated carbocycles. The third kappa shape index (κ3) is 4.28. The van der Waals surface area contributed by atoms with Crippen LogP contribution in [-0.2, 0) is 4.43 Å². The topological polar surface area (TPSA) is 35.2 Å². The van der Waals surface area contributed by atoms with E-state index in [1.807, 2.05) is 0 Å². The monoisotopic (exact) mass is 317 g/mol. The molecule has 0 saturated heterocycles. The Morgan fingerprint density at radius 2 is 1.95 bits per heavy atom. The fourth-order valence-electron chi connectivity index (χ4n) is 1.62. The van der Waals surface area contributed by atoms with Crippen LogP contribution in [0.5, 0.6) is 0 Å². The average Bonchev–Trinajstić information content (AvgIpc) is 2.30. The third-order valence-corrected chi connectivity index (χ3v) is 9.02. The average molecular weight is 318 g/mol. The minimum Gasteiger partial charge on any atom is -0.417 e. The van der Waals surface area contributed by atoms with Gasteiger partial charge in [-0.05, 0) is 36.2 Å². The summed E-state index contributed by atoms with van der Waals surface area (Å²) in [6.45, 7) is 11.6. The second-order valence-corrected chi connectivity index (χ2v) is 11.8. The molecule has 1 rings (SSSR count). The van der Waals surface area contributed by atoms with Crippen molar-refractivity contribution in [3.05, 3.63) is 34.6 Å². The number of rotatable bonds is 5. The molecular weight excluding hydrogens is 293 g/mol. The number of hydrogen-bond donors (Lipinski definition) is 1. The van der Waals surface area contributed by atoms with Gasteiger partial charge in [0.1, 0.15) is 5.82 Å². The van der Waals surface area contributed by atoms with E-state index in [2.05, 4.69) is 33.9 Å². The molecule has 2 nitrogen and oxygen atoms in total. The maximum absolute atomic E-state index is 13.4. The van der Waals surface area contributed by atoms with E-state index in [1.165, 1.54) is 6.07 Å². The lowest BCUT2D eigenvalue weighted by atomic mass is 10.1. The Kier molecular flexibility index (Phi) is 5.78. The van der Waals surface area contributed by atoms with Gasteiger partial charge in [-0.25, -0.2) is 4.39 Å². The molecule has 0 aliphatic rings. The predicted octanol–water partition coefficient (Wildman–Crippen LogP) is 4.89. The lowest BCUT2D eigenvalue weighted by Crippen LogP contribution is -2.41. The Balaban J connectivity index is 2.61. The van der Waals surface area contributed by atoms with Crippen molar-refractivity contribution >= 4 is 19.9 Å². The largest absolute Gasteiger partial charge is 0.417 e. The molecule has 1 atom stereocenters. The van der Waals surface area contributed by atoms with Gasteiger partial charge < -0.3 is 10.2 Å². The molecule has 0 aromatic heterocycles. The van der Waals surface area contributed by atoms with E-state index in [9.17, 15) is 4.39 Å². The van der Waals surface area contributed by atoms with Crippen LogP contribution in [0.25, 0.3) is 0 Å². The van der Waals surface area contributed by atoms with Crippen molar-refractivity contribution < 1.29 is 8.82 Å². The summed E-state index contributed by atoms with van der Waals surface area (Å²) in [6, 6.07) is 4.43. The predicted molar refractivity (Wildman–Crippen MR) is 86.1 cm³/mol. The molecule has 0 bridgehead atoms. The van der Waals surface area contributed by atoms with Crippen LogP contribution in [0.1, 0.15) is 38.8 Å². The maximum Gasteiger partial charge on any atom is 0.191 e. The molecule has 0 heterocycles. The Labute approximate surface area is 127 Å². The van der Waals surface area contributed by atoms with Gasteiger partial charge in [0.05, 0.1) is 5.02 Å². The molecule has 1 aromatic carbocycles. The van der Waals surface area contributed by atoms with Crippen LogP contribution in [0, 0.1) is 5.82 Å². The first-order valence-corrected chi connectivity index (χ1v) is 10.2. The molecule has 0 radical (unpaired) electrons. The molecule has 2 N–H and O–H groups in total. The second kappa shape index (κ2) is 6.56. The van der Waals surface area contributed by atoms with Gasteiger partial charge in [-0.2, -0.15) is 0 Å². The van der Waals surface area contributed by atoms with Crippen molar-refractivity contribution in [2.75, 3.05) is 6.61 Å². The van der Waals surface area contributed by atoms with Crippen molar-refractivity contribution in [1.82, 2.24) is 0 Å². The van der Waals surface area contributed by atoms with E-state index in [0.29, 0.717) is 18.6 Å². The highest BCUT2D eigenvalue weighted by Crippen LogP contribution is 2.37. The molecule has 1 aromatic rings. The van der Waals surface area contributed by atoms with Crippen molar-refractivity contribution in [2.45, 2.75) is 51.4 Å². The van der Waals surface area contributed by atoms with E-state index < -0.39 is 14.1 Å². The minimum absolute atomic E-state index is 0.118. The van der Waals surface area contributed by atoms with E-state index in [0.717, 1.165) is 0 Å². The highest BCUT2D eigenvalue weighted by Gasteiger charge is 2.37. The summed E-state index contributed by atoms with van der Waals surface area (Å²) in [5.74, 6) is -0.426. The van der Waals surface area contributed by atoms with Gasteiger partial charge in [-0.15, -0.1) is 0 Å². The quantitative estimate of drug-likeness (QED) is 0.785. The van der Waals surface area contributed by atoms with Crippen LogP contribution < -0.4 is 5.73 Å². The van der Waals surface area contributed by atoms with Gasteiger partial charge in [-0.3, -0.25) is 0 Å². The second-order valence-electron chi connectivity index (χ2n) is 6.65. The van der Waals surface area contributed by atoms with Crippen molar-refractivity contribution in [2.24, 2.45) is 5.73 Å². The molecule has 0 amide bonds. The summed E-state index contributed by atoms with van der Waals surface area (Å²) >= 11 is 5.94. The van der Waals surface area contributed by atoms with Gasteiger partial charge >= 0.3 is 0 Å².